The predicted molar refractivity (Wildman–Crippen MR) is 36.8 cm³/mol. The summed E-state index contributed by atoms with van der Waals surface area (Å²) < 4.78 is 0. The van der Waals surface area contributed by atoms with Gasteiger partial charge in [0.2, 0.25) is 0 Å². The largest absolute Gasteiger partial charge is 3.00 e. The third-order valence-corrected chi connectivity index (χ3v) is 0. The van der Waals surface area contributed by atoms with Crippen LogP contribution in [0.5, 0.6) is 0 Å². The smallest absolute Gasteiger partial charge is 0.356 e. The van der Waals surface area contributed by atoms with Gasteiger partial charge in [-0.05, 0) is 0 Å². The number of nitrogens with zero attached hydrogens (tertiary/aromatic N) is 3. The van der Waals surface area contributed by atoms with Gasteiger partial charge in [-0.1, -0.05) is 0 Å². The van der Waals surface area contributed by atoms with Gasteiger partial charge < -0.3 is 46.0 Å². The summed E-state index contributed by atoms with van der Waals surface area (Å²) in [4.78, 5) is 24.8. The van der Waals surface area contributed by atoms with Gasteiger partial charge in [-0.2, -0.15) is 0 Å². The van der Waals surface area contributed by atoms with Crippen LogP contribution in [0.15, 0.2) is 0 Å². The van der Waals surface area contributed by atoms with Crippen LogP contribution < -0.4 is 0 Å². The van der Waals surface area contributed by atoms with Crippen LogP contribution in [-0.2, 0) is 32.7 Å². The van der Waals surface area contributed by atoms with Crippen molar-refractivity contribution in [2.45, 2.75) is 0 Å². The van der Waals surface area contributed by atoms with Crippen LogP contribution in [0.2, 0.25) is 0 Å². The first kappa shape index (κ1) is 36.1. The summed E-state index contributed by atoms with van der Waals surface area (Å²) in [5.74, 6) is 0. The average molecular weight is 442 g/mol. The van der Waals surface area contributed by atoms with Gasteiger partial charge in [0.15, 0.2) is 0 Å². The van der Waals surface area contributed by atoms with Gasteiger partial charge in [0.1, 0.15) is 0 Å². The molecule has 12 nitrogen and oxygen atoms in total. The Kier molecular flexibility index (Phi) is 70.5. The van der Waals surface area contributed by atoms with Gasteiger partial charge >= 0.3 is 91.8 Å². The molecular formula is AlCeN3O9Y+6. The molecule has 73 valence electrons. The molecule has 0 saturated heterocycles. The number of hydrogen-bond acceptors (Lipinski definition) is 9. The van der Waals surface area contributed by atoms with Crippen molar-refractivity contribution >= 4 is 17.4 Å². The van der Waals surface area contributed by atoms with Crippen molar-refractivity contribution < 1.29 is 89.7 Å². The zero-order valence-electron chi connectivity index (χ0n) is 6.67. The maximum atomic E-state index is 8.25. The van der Waals surface area contributed by atoms with Crippen molar-refractivity contribution in [2.24, 2.45) is 0 Å². The Bertz CT molecular complexity index is 123. The first-order valence-electron chi connectivity index (χ1n) is 1.64. The summed E-state index contributed by atoms with van der Waals surface area (Å²) in [6, 6.07) is 0. The van der Waals surface area contributed by atoms with Gasteiger partial charge in [0.25, 0.3) is 0 Å². The molecule has 0 aliphatic carbocycles. The maximum absolute atomic E-state index is 8.25. The number of rotatable bonds is 0. The SMILES string of the molecule is O=[N+]([O-])[O-].O=[N+]([O-])[O-].O=[N+]([O-])[O-].[Al+3].[Ce+3].[Y+3]. The minimum Gasteiger partial charge on any atom is -0.356 e. The van der Waals surface area contributed by atoms with Crippen LogP contribution in [0.1, 0.15) is 0 Å². The first-order chi connectivity index (χ1) is 5.20. The molecule has 0 aromatic heterocycles. The molecule has 0 unspecified atom stereocenters. The molecule has 15 heavy (non-hydrogen) atoms. The molecule has 0 heterocycles. The van der Waals surface area contributed by atoms with E-state index < -0.39 is 15.3 Å². The second-order valence-electron chi connectivity index (χ2n) is 0.671. The van der Waals surface area contributed by atoms with Crippen molar-refractivity contribution in [3.05, 3.63) is 46.0 Å². The Hall–Kier alpha value is 0.613. The summed E-state index contributed by atoms with van der Waals surface area (Å²) in [6.45, 7) is 0. The fraction of sp³-hybridized carbons (Fsp3) is 0. The topological polar surface area (TPSA) is 199 Å². The third kappa shape index (κ3) is 6190. The molecule has 15 heteroatoms. The molecule has 0 aromatic carbocycles. The van der Waals surface area contributed by atoms with Crippen LogP contribution in [0, 0.1) is 87.7 Å². The average Bonchev–Trinajstić information content (AvgIpc) is 1.54. The standard InChI is InChI=1S/Al.Ce.3NO3.Y/c;;3*2-1(3)4;/q2*+3;3*-1;+3. The maximum Gasteiger partial charge on any atom is 3.00 e. The van der Waals surface area contributed by atoms with Crippen molar-refractivity contribution in [1.82, 2.24) is 0 Å². The molecule has 0 spiro atoms. The Morgan fingerprint density at radius 3 is 0.600 bits per heavy atom. The quantitative estimate of drug-likeness (QED) is 0.254. The molecule has 0 saturated carbocycles. The van der Waals surface area contributed by atoms with Crippen molar-refractivity contribution in [3.8, 4) is 0 Å². The number of hydrogen-bond donors (Lipinski definition) is 0. The molecule has 0 N–H and O–H groups in total. The van der Waals surface area contributed by atoms with Crippen molar-refractivity contribution in [1.29, 1.82) is 0 Å². The fourth-order valence-electron chi connectivity index (χ4n) is 0. The van der Waals surface area contributed by atoms with Gasteiger partial charge in [-0.3, -0.25) is 0 Å². The van der Waals surface area contributed by atoms with Crippen molar-refractivity contribution in [3.63, 3.8) is 0 Å². The molecule has 0 aliphatic heterocycles. The molecule has 0 aliphatic rings. The van der Waals surface area contributed by atoms with E-state index in [1.807, 2.05) is 0 Å². The van der Waals surface area contributed by atoms with Gasteiger partial charge in [0.05, 0.1) is 15.3 Å². The van der Waals surface area contributed by atoms with E-state index in [-0.39, 0.29) is 91.8 Å². The zero-order valence-corrected chi connectivity index (χ0v) is 13.8. The predicted octanol–water partition coefficient (Wildman–Crippen LogP) is -1.10. The third-order valence-electron chi connectivity index (χ3n) is 0. The van der Waals surface area contributed by atoms with Crippen LogP contribution in [0.3, 0.4) is 0 Å². The zero-order chi connectivity index (χ0) is 10.7. The molecule has 0 rings (SSSR count). The Morgan fingerprint density at radius 1 is 0.600 bits per heavy atom. The second kappa shape index (κ2) is 29.3. The van der Waals surface area contributed by atoms with E-state index in [4.69, 9.17) is 46.0 Å². The Morgan fingerprint density at radius 2 is 0.600 bits per heavy atom. The summed E-state index contributed by atoms with van der Waals surface area (Å²) in [5, 5.41) is 44.2. The van der Waals surface area contributed by atoms with Gasteiger partial charge in [-0.15, -0.1) is 0 Å². The van der Waals surface area contributed by atoms with E-state index in [2.05, 4.69) is 0 Å². The summed E-state index contributed by atoms with van der Waals surface area (Å²) in [6.07, 6.45) is 0. The van der Waals surface area contributed by atoms with E-state index in [9.17, 15) is 0 Å². The molecule has 0 bridgehead atoms. The molecular weight excluding hydrogens is 442 g/mol. The van der Waals surface area contributed by atoms with Crippen LogP contribution >= 0.6 is 0 Å². The molecule has 0 atom stereocenters. The molecule has 0 aromatic rings. The minimum atomic E-state index is -1.75. The molecule has 0 fully saturated rings. The van der Waals surface area contributed by atoms with Crippen LogP contribution in [0.4, 0.5) is 0 Å². The monoisotopic (exact) mass is 442 g/mol. The molecule has 0 amide bonds. The van der Waals surface area contributed by atoms with Crippen molar-refractivity contribution in [2.75, 3.05) is 0 Å². The Balaban J connectivity index is -0.0000000184. The second-order valence-corrected chi connectivity index (χ2v) is 0.671. The van der Waals surface area contributed by atoms with Crippen LogP contribution in [0.25, 0.3) is 0 Å². The summed E-state index contributed by atoms with van der Waals surface area (Å²) in [5.41, 5.74) is 0. The van der Waals surface area contributed by atoms with E-state index in [1.54, 1.807) is 0 Å². The van der Waals surface area contributed by atoms with E-state index in [1.165, 1.54) is 0 Å². The van der Waals surface area contributed by atoms with E-state index in [0.29, 0.717) is 0 Å². The fourth-order valence-corrected chi connectivity index (χ4v) is 0. The first-order valence-corrected chi connectivity index (χ1v) is 1.64. The summed E-state index contributed by atoms with van der Waals surface area (Å²) in [7, 11) is 0. The van der Waals surface area contributed by atoms with E-state index in [0.717, 1.165) is 0 Å². The van der Waals surface area contributed by atoms with Gasteiger partial charge in [-0.25, -0.2) is 0 Å². The summed E-state index contributed by atoms with van der Waals surface area (Å²) >= 11 is 0. The normalized spacial score (nSPS) is 4.80. The van der Waals surface area contributed by atoms with E-state index >= 15 is 0 Å². The van der Waals surface area contributed by atoms with Gasteiger partial charge in [0, 0.05) is 0 Å². The molecule has 1 radical (unpaired) electrons. The van der Waals surface area contributed by atoms with Crippen LogP contribution in [-0.4, -0.2) is 32.6 Å². The Labute approximate surface area is 151 Å². The minimum absolute atomic E-state index is 0.